The second-order valence-corrected chi connectivity index (χ2v) is 7.56. The average Bonchev–Trinajstić information content (AvgIpc) is 3.19. The van der Waals surface area contributed by atoms with Crippen LogP contribution in [0, 0.1) is 6.92 Å². The van der Waals surface area contributed by atoms with Crippen LogP contribution >= 0.6 is 0 Å². The fraction of sp³-hybridized carbons (Fsp3) is 0.231. The van der Waals surface area contributed by atoms with Crippen LogP contribution < -0.4 is 10.5 Å². The number of para-hydroxylation sites is 1. The molecule has 4 aromatic rings. The molecule has 2 heterocycles. The maximum absolute atomic E-state index is 11.9. The van der Waals surface area contributed by atoms with Crippen molar-refractivity contribution in [2.45, 2.75) is 33.4 Å². The molecule has 4 rings (SSSR count). The van der Waals surface area contributed by atoms with Crippen molar-refractivity contribution in [1.29, 1.82) is 0 Å². The highest BCUT2D eigenvalue weighted by atomic mass is 16.5. The molecule has 32 heavy (non-hydrogen) atoms. The van der Waals surface area contributed by atoms with Crippen LogP contribution in [0.1, 0.15) is 29.3 Å². The Morgan fingerprint density at radius 1 is 1.16 bits per heavy atom. The molecule has 0 aliphatic rings. The van der Waals surface area contributed by atoms with Gasteiger partial charge in [-0.25, -0.2) is 0 Å². The van der Waals surface area contributed by atoms with Crippen molar-refractivity contribution in [1.82, 2.24) is 4.98 Å². The Hall–Kier alpha value is -3.64. The smallest absolute Gasteiger partial charge is 0.310 e. The normalized spacial score (nSPS) is 11.0. The Morgan fingerprint density at radius 3 is 2.81 bits per heavy atom. The van der Waals surface area contributed by atoms with Gasteiger partial charge in [-0.1, -0.05) is 18.2 Å². The van der Waals surface area contributed by atoms with Crippen molar-refractivity contribution in [3.63, 3.8) is 0 Å². The lowest BCUT2D eigenvalue weighted by atomic mass is 9.99. The van der Waals surface area contributed by atoms with Gasteiger partial charge in [-0.2, -0.15) is 0 Å². The summed E-state index contributed by atoms with van der Waals surface area (Å²) >= 11 is 0. The molecule has 2 aromatic heterocycles. The quantitative estimate of drug-likeness (QED) is 0.398. The van der Waals surface area contributed by atoms with Crippen molar-refractivity contribution in [2.24, 2.45) is 5.73 Å². The van der Waals surface area contributed by atoms with Crippen LogP contribution in [0.3, 0.4) is 0 Å². The van der Waals surface area contributed by atoms with Gasteiger partial charge in [0.05, 0.1) is 25.0 Å². The summed E-state index contributed by atoms with van der Waals surface area (Å²) in [7, 11) is 0. The Morgan fingerprint density at radius 2 is 2.00 bits per heavy atom. The predicted molar refractivity (Wildman–Crippen MR) is 123 cm³/mol. The zero-order chi connectivity index (χ0) is 22.5. The van der Waals surface area contributed by atoms with Gasteiger partial charge in [0.15, 0.2) is 0 Å². The molecule has 0 spiro atoms. The molecule has 0 atom stereocenters. The molecule has 0 saturated carbocycles. The summed E-state index contributed by atoms with van der Waals surface area (Å²) in [4.78, 5) is 16.2. The van der Waals surface area contributed by atoms with Crippen LogP contribution in [0.15, 0.2) is 65.4 Å². The molecular weight excluding hydrogens is 404 g/mol. The molecule has 2 N–H and O–H groups in total. The predicted octanol–water partition coefficient (Wildman–Crippen LogP) is 4.95. The summed E-state index contributed by atoms with van der Waals surface area (Å²) in [5.41, 5.74) is 12.2. The van der Waals surface area contributed by atoms with E-state index in [0.717, 1.165) is 44.5 Å². The Kier molecular flexibility index (Phi) is 6.52. The van der Waals surface area contributed by atoms with Gasteiger partial charge >= 0.3 is 5.97 Å². The largest absolute Gasteiger partial charge is 0.489 e. The number of ether oxygens (including phenoxy) is 2. The molecule has 0 unspecified atom stereocenters. The monoisotopic (exact) mass is 430 g/mol. The minimum Gasteiger partial charge on any atom is -0.489 e. The SMILES string of the molecule is CCOC(=O)Cc1ccccc1OCc1cc(-c2ccnc(CN)c2)c2occ(C)c2c1. The molecule has 0 aliphatic heterocycles. The maximum atomic E-state index is 11.9. The number of pyridine rings is 1. The fourth-order valence-corrected chi connectivity index (χ4v) is 3.69. The molecule has 0 fully saturated rings. The zero-order valence-corrected chi connectivity index (χ0v) is 18.3. The number of carbonyl (C=O) groups is 1. The topological polar surface area (TPSA) is 87.6 Å². The number of esters is 1. The second kappa shape index (κ2) is 9.66. The standard InChI is InChI=1S/C26H26N2O4/c1-3-30-25(29)13-20-6-4-5-7-24(20)31-16-18-10-22-17(2)15-32-26(22)23(11-18)19-8-9-28-21(12-19)14-27/h4-12,15H,3,13-14,16,27H2,1-2H3. The van der Waals surface area contributed by atoms with E-state index in [0.29, 0.717) is 25.5 Å². The van der Waals surface area contributed by atoms with Crippen LogP contribution in [-0.4, -0.2) is 17.6 Å². The lowest BCUT2D eigenvalue weighted by Gasteiger charge is -2.13. The number of furan rings is 1. The van der Waals surface area contributed by atoms with Crippen molar-refractivity contribution < 1.29 is 18.7 Å². The highest BCUT2D eigenvalue weighted by molar-refractivity contribution is 5.95. The number of rotatable bonds is 8. The molecule has 6 nitrogen and oxygen atoms in total. The van der Waals surface area contributed by atoms with Crippen molar-refractivity contribution in [3.8, 4) is 16.9 Å². The Balaban J connectivity index is 1.65. The first kappa shape index (κ1) is 21.6. The summed E-state index contributed by atoms with van der Waals surface area (Å²) in [5, 5.41) is 1.03. The lowest BCUT2D eigenvalue weighted by molar-refractivity contribution is -0.142. The number of fused-ring (bicyclic) bond motifs is 1. The molecule has 2 aromatic carbocycles. The van der Waals surface area contributed by atoms with E-state index < -0.39 is 0 Å². The van der Waals surface area contributed by atoms with E-state index in [1.807, 2.05) is 43.3 Å². The summed E-state index contributed by atoms with van der Waals surface area (Å²) in [6, 6.07) is 15.6. The van der Waals surface area contributed by atoms with E-state index >= 15 is 0 Å². The number of carbonyl (C=O) groups excluding carboxylic acids is 1. The van der Waals surface area contributed by atoms with Crippen molar-refractivity contribution >= 4 is 16.9 Å². The summed E-state index contributed by atoms with van der Waals surface area (Å²) in [6.07, 6.45) is 3.69. The average molecular weight is 431 g/mol. The molecule has 0 radical (unpaired) electrons. The van der Waals surface area contributed by atoms with E-state index in [-0.39, 0.29) is 12.4 Å². The number of hydrogen-bond acceptors (Lipinski definition) is 6. The van der Waals surface area contributed by atoms with Crippen LogP contribution in [0.25, 0.3) is 22.1 Å². The summed E-state index contributed by atoms with van der Waals surface area (Å²) < 4.78 is 17.1. The van der Waals surface area contributed by atoms with Crippen molar-refractivity contribution in [2.75, 3.05) is 6.61 Å². The third-order valence-electron chi connectivity index (χ3n) is 5.27. The molecule has 0 bridgehead atoms. The number of nitrogens with zero attached hydrogens (tertiary/aromatic N) is 1. The first-order valence-corrected chi connectivity index (χ1v) is 10.6. The summed E-state index contributed by atoms with van der Waals surface area (Å²) in [6.45, 7) is 4.89. The zero-order valence-electron chi connectivity index (χ0n) is 18.3. The molecule has 0 aliphatic carbocycles. The van der Waals surface area contributed by atoms with E-state index in [1.54, 1.807) is 19.4 Å². The van der Waals surface area contributed by atoms with Gasteiger partial charge in [0.2, 0.25) is 0 Å². The molecular formula is C26H26N2O4. The van der Waals surface area contributed by atoms with Gasteiger partial charge in [-0.15, -0.1) is 0 Å². The van der Waals surface area contributed by atoms with Gasteiger partial charge in [-0.3, -0.25) is 9.78 Å². The molecule has 0 saturated heterocycles. The van der Waals surface area contributed by atoms with Gasteiger partial charge < -0.3 is 19.6 Å². The molecule has 6 heteroatoms. The summed E-state index contributed by atoms with van der Waals surface area (Å²) in [5.74, 6) is 0.398. The fourth-order valence-electron chi connectivity index (χ4n) is 3.69. The van der Waals surface area contributed by atoms with Gasteiger partial charge in [0.1, 0.15) is 17.9 Å². The molecule has 0 amide bonds. The van der Waals surface area contributed by atoms with Gasteiger partial charge in [0, 0.05) is 29.3 Å². The first-order valence-electron chi connectivity index (χ1n) is 10.6. The van der Waals surface area contributed by atoms with Gasteiger partial charge in [-0.05, 0) is 60.9 Å². The third kappa shape index (κ3) is 4.65. The number of aryl methyl sites for hydroxylation is 1. The van der Waals surface area contributed by atoms with E-state index in [4.69, 9.17) is 19.6 Å². The van der Waals surface area contributed by atoms with Crippen LogP contribution in [-0.2, 0) is 29.1 Å². The minimum atomic E-state index is -0.269. The highest BCUT2D eigenvalue weighted by Gasteiger charge is 2.14. The lowest BCUT2D eigenvalue weighted by Crippen LogP contribution is -2.09. The van der Waals surface area contributed by atoms with Crippen LogP contribution in [0.5, 0.6) is 5.75 Å². The van der Waals surface area contributed by atoms with E-state index in [2.05, 4.69) is 17.1 Å². The Labute approximate surface area is 187 Å². The van der Waals surface area contributed by atoms with E-state index in [1.165, 1.54) is 0 Å². The first-order chi connectivity index (χ1) is 15.6. The molecule has 164 valence electrons. The maximum Gasteiger partial charge on any atom is 0.310 e. The Bertz CT molecular complexity index is 1250. The number of aromatic nitrogens is 1. The minimum absolute atomic E-state index is 0.175. The number of benzene rings is 2. The third-order valence-corrected chi connectivity index (χ3v) is 5.27. The van der Waals surface area contributed by atoms with E-state index in [9.17, 15) is 4.79 Å². The van der Waals surface area contributed by atoms with Crippen LogP contribution in [0.2, 0.25) is 0 Å². The van der Waals surface area contributed by atoms with Crippen LogP contribution in [0.4, 0.5) is 0 Å². The second-order valence-electron chi connectivity index (χ2n) is 7.56. The van der Waals surface area contributed by atoms with Crippen molar-refractivity contribution in [3.05, 3.63) is 83.4 Å². The number of nitrogens with two attached hydrogens (primary N) is 1. The van der Waals surface area contributed by atoms with Gasteiger partial charge in [0.25, 0.3) is 0 Å². The highest BCUT2D eigenvalue weighted by Crippen LogP contribution is 2.34. The number of hydrogen-bond donors (Lipinski definition) is 1.